The Hall–Kier alpha value is -4.17. The van der Waals surface area contributed by atoms with Gasteiger partial charge in [0.05, 0.1) is 0 Å². The molecule has 1 aliphatic heterocycles. The Morgan fingerprint density at radius 1 is 0.857 bits per heavy atom. The molecule has 2 aliphatic carbocycles. The van der Waals surface area contributed by atoms with Crippen LogP contribution in [0.5, 0.6) is 0 Å². The van der Waals surface area contributed by atoms with Gasteiger partial charge in [-0.3, -0.25) is 9.69 Å². The number of piperidine rings is 1. The van der Waals surface area contributed by atoms with Crippen molar-refractivity contribution in [1.29, 1.82) is 0 Å². The molecular weight excluding hydrogens is 530 g/mol. The maximum absolute atomic E-state index is 13.2. The maximum atomic E-state index is 13.2. The van der Waals surface area contributed by atoms with Gasteiger partial charge in [0.25, 0.3) is 0 Å². The molecule has 3 N–H and O–H groups in total. The largest absolute Gasteiger partial charge is 0.480 e. The second kappa shape index (κ2) is 12.0. The number of aliphatic carboxylic acids is 1. The van der Waals surface area contributed by atoms with Crippen LogP contribution < -0.4 is 10.6 Å². The number of nitrogens with zero attached hydrogens (tertiary/aromatic N) is 1. The zero-order valence-corrected chi connectivity index (χ0v) is 23.6. The van der Waals surface area contributed by atoms with E-state index in [1.54, 1.807) is 0 Å². The first-order valence-electron chi connectivity index (χ1n) is 14.8. The number of nitrogens with one attached hydrogen (secondary N) is 2. The summed E-state index contributed by atoms with van der Waals surface area (Å²) in [5.41, 5.74) is 4.58. The van der Waals surface area contributed by atoms with E-state index in [2.05, 4.69) is 51.9 Å². The van der Waals surface area contributed by atoms with Crippen LogP contribution >= 0.6 is 0 Å². The highest BCUT2D eigenvalue weighted by Gasteiger charge is 2.44. The van der Waals surface area contributed by atoms with Gasteiger partial charge in [0.15, 0.2) is 0 Å². The molecule has 8 heteroatoms. The van der Waals surface area contributed by atoms with Gasteiger partial charge in [0.2, 0.25) is 5.91 Å². The number of hydrogen-bond donors (Lipinski definition) is 3. The molecule has 6 rings (SSSR count). The lowest BCUT2D eigenvalue weighted by atomic mass is 9.86. The lowest BCUT2D eigenvalue weighted by Gasteiger charge is -2.39. The van der Waals surface area contributed by atoms with E-state index in [9.17, 15) is 19.5 Å². The maximum Gasteiger partial charge on any atom is 0.407 e. The Balaban J connectivity index is 0.990. The number of fused-ring (bicyclic) bond motifs is 3. The van der Waals surface area contributed by atoms with Crippen LogP contribution in [0.1, 0.15) is 54.7 Å². The molecule has 0 unspecified atom stereocenters. The van der Waals surface area contributed by atoms with Gasteiger partial charge in [-0.05, 0) is 59.9 Å². The minimum atomic E-state index is -1.26. The number of carboxylic acid groups (broad SMARTS) is 1. The summed E-state index contributed by atoms with van der Waals surface area (Å²) < 4.78 is 5.69. The van der Waals surface area contributed by atoms with Crippen LogP contribution in [-0.4, -0.2) is 59.3 Å². The number of alkyl carbamates (subject to hydrolysis) is 1. The third kappa shape index (κ3) is 5.77. The molecule has 2 atom stereocenters. The molecule has 8 nitrogen and oxygen atoms in total. The van der Waals surface area contributed by atoms with Gasteiger partial charge in [-0.15, -0.1) is 0 Å². The van der Waals surface area contributed by atoms with Gasteiger partial charge in [-0.1, -0.05) is 78.9 Å². The number of amides is 2. The van der Waals surface area contributed by atoms with E-state index >= 15 is 0 Å². The van der Waals surface area contributed by atoms with Gasteiger partial charge in [-0.2, -0.15) is 0 Å². The van der Waals surface area contributed by atoms with Gasteiger partial charge >= 0.3 is 12.1 Å². The molecule has 42 heavy (non-hydrogen) atoms. The summed E-state index contributed by atoms with van der Waals surface area (Å²) in [5.74, 6) is -1.59. The van der Waals surface area contributed by atoms with Crippen LogP contribution in [0.25, 0.3) is 11.1 Å². The average molecular weight is 568 g/mol. The van der Waals surface area contributed by atoms with Crippen LogP contribution in [0.2, 0.25) is 0 Å². The highest BCUT2D eigenvalue weighted by molar-refractivity contribution is 5.88. The van der Waals surface area contributed by atoms with Crippen LogP contribution in [0.3, 0.4) is 0 Å². The standard InChI is InChI=1S/C34H37N3O5/c38-31(36-34(32(39)40)16-18-37(19-17-34)21-23-8-2-1-3-9-23)24-14-15-25(20-24)35-33(41)42-22-30-28-12-6-4-10-26(28)27-11-5-7-13-29(27)30/h1-13,24-25,30H,14-22H2,(H,35,41)(H,36,38)(H,39,40)/t24-,25+/m1/s1. The summed E-state index contributed by atoms with van der Waals surface area (Å²) >= 11 is 0. The van der Waals surface area contributed by atoms with E-state index in [0.717, 1.165) is 17.7 Å². The first kappa shape index (κ1) is 28.0. The zero-order valence-electron chi connectivity index (χ0n) is 23.6. The highest BCUT2D eigenvalue weighted by Crippen LogP contribution is 2.44. The van der Waals surface area contributed by atoms with E-state index in [0.29, 0.717) is 45.2 Å². The first-order valence-corrected chi connectivity index (χ1v) is 14.8. The SMILES string of the molecule is O=C(N[C@H]1CC[C@@H](C(=O)NC2(C(=O)O)CCN(Cc3ccccc3)CC2)C1)OCC1c2ccccc2-c2ccccc21. The first-order chi connectivity index (χ1) is 20.4. The van der Waals surface area contributed by atoms with E-state index in [4.69, 9.17) is 4.74 Å². The summed E-state index contributed by atoms with van der Waals surface area (Å²) in [5, 5.41) is 15.9. The molecule has 1 saturated heterocycles. The Labute approximate surface area is 246 Å². The lowest BCUT2D eigenvalue weighted by molar-refractivity contribution is -0.150. The smallest absolute Gasteiger partial charge is 0.407 e. The van der Waals surface area contributed by atoms with Crippen molar-refractivity contribution in [3.63, 3.8) is 0 Å². The molecule has 0 aromatic heterocycles. The number of likely N-dealkylation sites (tertiary alicyclic amines) is 1. The van der Waals surface area contributed by atoms with Gasteiger partial charge in [0, 0.05) is 37.5 Å². The molecule has 2 amide bonds. The molecule has 2 fully saturated rings. The van der Waals surface area contributed by atoms with Gasteiger partial charge < -0.3 is 20.5 Å². The molecule has 3 aromatic carbocycles. The Kier molecular flexibility index (Phi) is 7.98. The summed E-state index contributed by atoms with van der Waals surface area (Å²) in [4.78, 5) is 40.5. The lowest BCUT2D eigenvalue weighted by Crippen LogP contribution is -2.60. The second-order valence-corrected chi connectivity index (χ2v) is 11.8. The minimum Gasteiger partial charge on any atom is -0.480 e. The second-order valence-electron chi connectivity index (χ2n) is 11.8. The van der Waals surface area contributed by atoms with Crippen molar-refractivity contribution in [2.24, 2.45) is 5.92 Å². The molecular formula is C34H37N3O5. The fourth-order valence-corrected chi connectivity index (χ4v) is 6.82. The van der Waals surface area contributed by atoms with Crippen molar-refractivity contribution in [2.45, 2.75) is 56.1 Å². The average Bonchev–Trinajstić information content (AvgIpc) is 3.60. The molecule has 3 aromatic rings. The number of rotatable bonds is 8. The third-order valence-electron chi connectivity index (χ3n) is 9.20. The van der Waals surface area contributed by atoms with E-state index in [1.807, 2.05) is 42.5 Å². The van der Waals surface area contributed by atoms with E-state index in [1.165, 1.54) is 16.7 Å². The Morgan fingerprint density at radius 3 is 2.12 bits per heavy atom. The quantitative estimate of drug-likeness (QED) is 0.356. The summed E-state index contributed by atoms with van der Waals surface area (Å²) in [6.07, 6.45) is 1.93. The molecule has 0 spiro atoms. The van der Waals surface area contributed by atoms with Crippen molar-refractivity contribution >= 4 is 18.0 Å². The summed E-state index contributed by atoms with van der Waals surface area (Å²) in [6, 6.07) is 26.3. The summed E-state index contributed by atoms with van der Waals surface area (Å²) in [6.45, 7) is 2.19. The number of carbonyl (C=O) groups excluding carboxylic acids is 2. The fourth-order valence-electron chi connectivity index (χ4n) is 6.82. The molecule has 218 valence electrons. The van der Waals surface area contributed by atoms with Gasteiger partial charge in [0.1, 0.15) is 12.1 Å². The van der Waals surface area contributed by atoms with E-state index < -0.39 is 17.6 Å². The van der Waals surface area contributed by atoms with Crippen LogP contribution in [0.4, 0.5) is 4.79 Å². The highest BCUT2D eigenvalue weighted by atomic mass is 16.5. The number of carbonyl (C=O) groups is 3. The Bertz CT molecular complexity index is 1400. The van der Waals surface area contributed by atoms with Crippen LogP contribution in [0.15, 0.2) is 78.9 Å². The van der Waals surface area contributed by atoms with Gasteiger partial charge in [-0.25, -0.2) is 9.59 Å². The van der Waals surface area contributed by atoms with Crippen LogP contribution in [0, 0.1) is 5.92 Å². The van der Waals surface area contributed by atoms with Crippen molar-refractivity contribution in [1.82, 2.24) is 15.5 Å². The number of benzene rings is 3. The predicted molar refractivity (Wildman–Crippen MR) is 159 cm³/mol. The van der Waals surface area contributed by atoms with Crippen LogP contribution in [-0.2, 0) is 20.9 Å². The monoisotopic (exact) mass is 567 g/mol. The third-order valence-corrected chi connectivity index (χ3v) is 9.20. The van der Waals surface area contributed by atoms with Crippen molar-refractivity contribution in [3.8, 4) is 11.1 Å². The fraction of sp³-hybridized carbons (Fsp3) is 0.382. The van der Waals surface area contributed by atoms with E-state index in [-0.39, 0.29) is 30.4 Å². The normalized spacial score (nSPS) is 21.2. The number of carboxylic acids is 1. The number of ether oxygens (including phenoxy) is 1. The predicted octanol–water partition coefficient (Wildman–Crippen LogP) is 4.93. The summed E-state index contributed by atoms with van der Waals surface area (Å²) in [7, 11) is 0. The molecule has 3 aliphatic rings. The molecule has 1 saturated carbocycles. The topological polar surface area (TPSA) is 108 Å². The minimum absolute atomic E-state index is 0.0171. The van der Waals surface area contributed by atoms with Crippen molar-refractivity contribution < 1.29 is 24.2 Å². The molecule has 0 bridgehead atoms. The molecule has 1 heterocycles. The Morgan fingerprint density at radius 2 is 1.48 bits per heavy atom. The zero-order chi connectivity index (χ0) is 29.1. The number of hydrogen-bond acceptors (Lipinski definition) is 5. The van der Waals surface area contributed by atoms with Crippen molar-refractivity contribution in [3.05, 3.63) is 95.6 Å². The molecule has 0 radical (unpaired) electrons. The van der Waals surface area contributed by atoms with Crippen molar-refractivity contribution in [2.75, 3.05) is 19.7 Å².